The fraction of sp³-hybridized carbons (Fsp3) is 0.500. The Balaban J connectivity index is 0.00000441. The van der Waals surface area contributed by atoms with Crippen molar-refractivity contribution in [3.63, 3.8) is 0 Å². The minimum Gasteiger partial charge on any atom is -0.355 e. The third-order valence-corrected chi connectivity index (χ3v) is 2.96. The zero-order chi connectivity index (χ0) is 15.5. The number of amides is 2. The van der Waals surface area contributed by atoms with Crippen molar-refractivity contribution in [3.8, 4) is 0 Å². The third-order valence-electron chi connectivity index (χ3n) is 2.96. The summed E-state index contributed by atoms with van der Waals surface area (Å²) in [5.41, 5.74) is 0.605. The number of nitrogens with one attached hydrogen (secondary N) is 3. The number of carbonyl (C=O) groups excluding carboxylic acids is 2. The van der Waals surface area contributed by atoms with Gasteiger partial charge in [-0.2, -0.15) is 0 Å². The SMILES string of the molecule is CCCNCCNC(=O)CC(C)NC(=O)c1ccccc1.Cl. The van der Waals surface area contributed by atoms with Gasteiger partial charge in [-0.25, -0.2) is 0 Å². The highest BCUT2D eigenvalue weighted by Crippen LogP contribution is 2.00. The van der Waals surface area contributed by atoms with Crippen LogP contribution in [0.25, 0.3) is 0 Å². The van der Waals surface area contributed by atoms with Crippen molar-refractivity contribution < 1.29 is 9.59 Å². The zero-order valence-electron chi connectivity index (χ0n) is 13.2. The highest BCUT2D eigenvalue weighted by atomic mass is 35.5. The van der Waals surface area contributed by atoms with Gasteiger partial charge in [0.15, 0.2) is 0 Å². The smallest absolute Gasteiger partial charge is 0.251 e. The van der Waals surface area contributed by atoms with Gasteiger partial charge in [0.25, 0.3) is 5.91 Å². The van der Waals surface area contributed by atoms with E-state index in [1.165, 1.54) is 0 Å². The molecule has 6 heteroatoms. The molecule has 0 aromatic heterocycles. The second-order valence-corrected chi connectivity index (χ2v) is 5.04. The Labute approximate surface area is 138 Å². The van der Waals surface area contributed by atoms with E-state index < -0.39 is 0 Å². The van der Waals surface area contributed by atoms with Crippen molar-refractivity contribution in [2.75, 3.05) is 19.6 Å². The summed E-state index contributed by atoms with van der Waals surface area (Å²) in [4.78, 5) is 23.6. The predicted molar refractivity (Wildman–Crippen MR) is 91.4 cm³/mol. The van der Waals surface area contributed by atoms with Crippen molar-refractivity contribution in [2.45, 2.75) is 32.7 Å². The molecule has 1 rings (SSSR count). The van der Waals surface area contributed by atoms with E-state index in [4.69, 9.17) is 0 Å². The van der Waals surface area contributed by atoms with E-state index in [-0.39, 0.29) is 36.7 Å². The van der Waals surface area contributed by atoms with Gasteiger partial charge in [-0.1, -0.05) is 25.1 Å². The third kappa shape index (κ3) is 8.64. The van der Waals surface area contributed by atoms with E-state index in [2.05, 4.69) is 22.9 Å². The van der Waals surface area contributed by atoms with E-state index in [1.807, 2.05) is 25.1 Å². The molecule has 5 nitrogen and oxygen atoms in total. The maximum Gasteiger partial charge on any atom is 0.251 e. The van der Waals surface area contributed by atoms with E-state index in [0.717, 1.165) is 19.5 Å². The Bertz CT molecular complexity index is 440. The van der Waals surface area contributed by atoms with Crippen LogP contribution in [0.4, 0.5) is 0 Å². The lowest BCUT2D eigenvalue weighted by Crippen LogP contribution is -2.39. The molecule has 0 heterocycles. The Kier molecular flexibility index (Phi) is 11.1. The molecular weight excluding hydrogens is 302 g/mol. The molecule has 0 fully saturated rings. The van der Waals surface area contributed by atoms with Gasteiger partial charge in [-0.3, -0.25) is 9.59 Å². The summed E-state index contributed by atoms with van der Waals surface area (Å²) in [6.45, 7) is 6.26. The van der Waals surface area contributed by atoms with Crippen LogP contribution in [0.1, 0.15) is 37.0 Å². The van der Waals surface area contributed by atoms with E-state index in [9.17, 15) is 9.59 Å². The maximum atomic E-state index is 11.9. The summed E-state index contributed by atoms with van der Waals surface area (Å²) in [6, 6.07) is 8.80. The van der Waals surface area contributed by atoms with E-state index >= 15 is 0 Å². The highest BCUT2D eigenvalue weighted by Gasteiger charge is 2.12. The van der Waals surface area contributed by atoms with Crippen LogP contribution in [-0.2, 0) is 4.79 Å². The van der Waals surface area contributed by atoms with Gasteiger partial charge in [-0.15, -0.1) is 12.4 Å². The quantitative estimate of drug-likeness (QED) is 0.605. The minimum absolute atomic E-state index is 0. The van der Waals surface area contributed by atoms with E-state index in [0.29, 0.717) is 12.1 Å². The molecule has 124 valence electrons. The second kappa shape index (κ2) is 12.0. The molecule has 0 aliphatic rings. The lowest BCUT2D eigenvalue weighted by molar-refractivity contribution is -0.121. The Morgan fingerprint density at radius 3 is 2.41 bits per heavy atom. The van der Waals surface area contributed by atoms with Gasteiger partial charge in [0, 0.05) is 31.1 Å². The first kappa shape index (κ1) is 20.4. The second-order valence-electron chi connectivity index (χ2n) is 5.04. The normalized spacial score (nSPS) is 11.2. The summed E-state index contributed by atoms with van der Waals surface area (Å²) >= 11 is 0. The fourth-order valence-electron chi connectivity index (χ4n) is 1.89. The van der Waals surface area contributed by atoms with Crippen LogP contribution in [0.15, 0.2) is 30.3 Å². The molecule has 2 amide bonds. The van der Waals surface area contributed by atoms with Gasteiger partial charge >= 0.3 is 0 Å². The van der Waals surface area contributed by atoms with Crippen LogP contribution >= 0.6 is 12.4 Å². The Morgan fingerprint density at radius 2 is 1.77 bits per heavy atom. The van der Waals surface area contributed by atoms with Crippen molar-refractivity contribution in [2.24, 2.45) is 0 Å². The minimum atomic E-state index is -0.193. The Hall–Kier alpha value is -1.59. The van der Waals surface area contributed by atoms with Crippen molar-refractivity contribution in [3.05, 3.63) is 35.9 Å². The van der Waals surface area contributed by atoms with Gasteiger partial charge in [0.1, 0.15) is 0 Å². The first-order valence-electron chi connectivity index (χ1n) is 7.46. The number of carbonyl (C=O) groups is 2. The molecule has 0 saturated carbocycles. The zero-order valence-corrected chi connectivity index (χ0v) is 14.0. The highest BCUT2D eigenvalue weighted by molar-refractivity contribution is 5.94. The van der Waals surface area contributed by atoms with E-state index in [1.54, 1.807) is 12.1 Å². The van der Waals surface area contributed by atoms with Crippen molar-refractivity contribution in [1.82, 2.24) is 16.0 Å². The maximum absolute atomic E-state index is 11.9. The lowest BCUT2D eigenvalue weighted by atomic mass is 10.1. The predicted octanol–water partition coefficient (Wildman–Crippen LogP) is 1.73. The molecule has 0 bridgehead atoms. The summed E-state index contributed by atoms with van der Waals surface area (Å²) in [5, 5.41) is 8.87. The monoisotopic (exact) mass is 327 g/mol. The van der Waals surface area contributed by atoms with Crippen LogP contribution in [0, 0.1) is 0 Å². The molecule has 1 unspecified atom stereocenters. The average Bonchev–Trinajstić information content (AvgIpc) is 2.47. The lowest BCUT2D eigenvalue weighted by Gasteiger charge is -2.14. The number of halogens is 1. The molecule has 0 radical (unpaired) electrons. The molecule has 0 aliphatic heterocycles. The summed E-state index contributed by atoms with van der Waals surface area (Å²) in [6.07, 6.45) is 1.36. The molecule has 0 aliphatic carbocycles. The van der Waals surface area contributed by atoms with Crippen molar-refractivity contribution >= 4 is 24.2 Å². The van der Waals surface area contributed by atoms with Crippen LogP contribution in [0.3, 0.4) is 0 Å². The molecule has 1 atom stereocenters. The van der Waals surface area contributed by atoms with Gasteiger partial charge in [0.2, 0.25) is 5.91 Å². The molecular formula is C16H26ClN3O2. The number of hydrogen-bond donors (Lipinski definition) is 3. The number of benzene rings is 1. The van der Waals surface area contributed by atoms with Crippen LogP contribution < -0.4 is 16.0 Å². The molecule has 1 aromatic carbocycles. The summed E-state index contributed by atoms with van der Waals surface area (Å²) in [5.74, 6) is -0.199. The summed E-state index contributed by atoms with van der Waals surface area (Å²) < 4.78 is 0. The first-order valence-corrected chi connectivity index (χ1v) is 7.46. The first-order chi connectivity index (χ1) is 10.1. The summed E-state index contributed by atoms with van der Waals surface area (Å²) in [7, 11) is 0. The number of hydrogen-bond acceptors (Lipinski definition) is 3. The van der Waals surface area contributed by atoms with Crippen molar-refractivity contribution in [1.29, 1.82) is 0 Å². The van der Waals surface area contributed by atoms with Gasteiger partial charge in [0.05, 0.1) is 0 Å². The topological polar surface area (TPSA) is 70.2 Å². The van der Waals surface area contributed by atoms with Crippen LogP contribution in [-0.4, -0.2) is 37.5 Å². The van der Waals surface area contributed by atoms with Gasteiger partial charge < -0.3 is 16.0 Å². The molecule has 3 N–H and O–H groups in total. The Morgan fingerprint density at radius 1 is 1.09 bits per heavy atom. The largest absolute Gasteiger partial charge is 0.355 e. The standard InChI is InChI=1S/C16H25N3O2.ClH/c1-3-9-17-10-11-18-15(20)12-13(2)19-16(21)14-7-5-4-6-8-14;/h4-8,13,17H,3,9-12H2,1-2H3,(H,18,20)(H,19,21);1H. The average molecular weight is 328 g/mol. The van der Waals surface area contributed by atoms with Crippen LogP contribution in [0.2, 0.25) is 0 Å². The molecule has 1 aromatic rings. The fourth-order valence-corrected chi connectivity index (χ4v) is 1.89. The molecule has 22 heavy (non-hydrogen) atoms. The number of rotatable bonds is 9. The molecule has 0 saturated heterocycles. The van der Waals surface area contributed by atoms with Crippen LogP contribution in [0.5, 0.6) is 0 Å². The molecule has 0 spiro atoms. The van der Waals surface area contributed by atoms with Gasteiger partial charge in [-0.05, 0) is 32.0 Å².